The zero-order valence-electron chi connectivity index (χ0n) is 10.7. The number of amides is 1. The minimum absolute atomic E-state index is 0.0818. The molecule has 0 spiro atoms. The van der Waals surface area contributed by atoms with Crippen LogP contribution in [0.5, 0.6) is 11.5 Å². The van der Waals surface area contributed by atoms with Crippen LogP contribution in [0.3, 0.4) is 0 Å². The first kappa shape index (κ1) is 14.8. The number of carbonyl (C=O) groups excluding carboxylic acids is 1. The molecule has 2 aromatic rings. The summed E-state index contributed by atoms with van der Waals surface area (Å²) in [4.78, 5) is 11.8. The Bertz CT molecular complexity index is 725. The maximum Gasteiger partial charge on any atom is 0.586 e. The van der Waals surface area contributed by atoms with E-state index < -0.39 is 6.29 Å². The number of nitrogens with zero attached hydrogens (tertiary/aromatic N) is 2. The van der Waals surface area contributed by atoms with E-state index in [1.807, 2.05) is 0 Å². The zero-order valence-corrected chi connectivity index (χ0v) is 12.3. The van der Waals surface area contributed by atoms with Crippen LogP contribution in [0.15, 0.2) is 22.5 Å². The number of nitrogen functional groups attached to an aromatic ring is 1. The van der Waals surface area contributed by atoms with Crippen molar-refractivity contribution in [3.8, 4) is 11.5 Å². The van der Waals surface area contributed by atoms with Crippen molar-refractivity contribution in [1.82, 2.24) is 10.2 Å². The smallest absolute Gasteiger partial charge is 0.395 e. The molecule has 11 heteroatoms. The van der Waals surface area contributed by atoms with Crippen molar-refractivity contribution in [2.45, 2.75) is 10.6 Å². The Labute approximate surface area is 130 Å². The first-order valence-electron chi connectivity index (χ1n) is 5.83. The molecule has 1 aliphatic heterocycles. The summed E-state index contributed by atoms with van der Waals surface area (Å²) in [7, 11) is 0. The number of halogens is 2. The van der Waals surface area contributed by atoms with E-state index in [0.29, 0.717) is 15.2 Å². The fraction of sp³-hybridized carbons (Fsp3) is 0.182. The highest BCUT2D eigenvalue weighted by Crippen LogP contribution is 2.42. The third-order valence-electron chi connectivity index (χ3n) is 2.43. The topological polar surface area (TPSA) is 99.4 Å². The standard InChI is InChI=1S/C11H8F2N4O3S2/c12-11(13)19-6-2-1-5(3-7(6)20-11)15-8(18)4-21-10-17-16-9(14)22-10/h1-3H,4H2,(H2,14,16)(H,15,18). The molecule has 22 heavy (non-hydrogen) atoms. The fourth-order valence-electron chi connectivity index (χ4n) is 1.63. The lowest BCUT2D eigenvalue weighted by molar-refractivity contribution is -0.286. The summed E-state index contributed by atoms with van der Waals surface area (Å²) < 4.78 is 34.9. The summed E-state index contributed by atoms with van der Waals surface area (Å²) in [5.41, 5.74) is 5.75. The van der Waals surface area contributed by atoms with E-state index >= 15 is 0 Å². The second-order valence-corrected chi connectivity index (χ2v) is 6.30. The maximum absolute atomic E-state index is 12.9. The van der Waals surface area contributed by atoms with Gasteiger partial charge in [0.05, 0.1) is 5.75 Å². The molecule has 0 fully saturated rings. The number of aromatic nitrogens is 2. The number of carbonyl (C=O) groups is 1. The van der Waals surface area contributed by atoms with Gasteiger partial charge in [0.25, 0.3) is 0 Å². The summed E-state index contributed by atoms with van der Waals surface area (Å²) in [6.45, 7) is 0. The normalized spacial score (nSPS) is 14.8. The Morgan fingerprint density at radius 2 is 2.14 bits per heavy atom. The van der Waals surface area contributed by atoms with Gasteiger partial charge in [-0.2, -0.15) is 0 Å². The molecule has 0 saturated carbocycles. The van der Waals surface area contributed by atoms with Gasteiger partial charge >= 0.3 is 6.29 Å². The lowest BCUT2D eigenvalue weighted by Crippen LogP contribution is -2.25. The van der Waals surface area contributed by atoms with Crippen molar-refractivity contribution in [1.29, 1.82) is 0 Å². The minimum atomic E-state index is -3.68. The quantitative estimate of drug-likeness (QED) is 0.819. The van der Waals surface area contributed by atoms with Crippen LogP contribution in [-0.4, -0.2) is 28.2 Å². The molecular weight excluding hydrogens is 338 g/mol. The summed E-state index contributed by atoms with van der Waals surface area (Å²) >= 11 is 2.34. The van der Waals surface area contributed by atoms with E-state index in [4.69, 9.17) is 5.73 Å². The molecule has 7 nitrogen and oxygen atoms in total. The third kappa shape index (κ3) is 3.36. The van der Waals surface area contributed by atoms with Crippen molar-refractivity contribution in [3.05, 3.63) is 18.2 Å². The van der Waals surface area contributed by atoms with E-state index in [9.17, 15) is 13.6 Å². The second kappa shape index (κ2) is 5.57. The monoisotopic (exact) mass is 346 g/mol. The highest BCUT2D eigenvalue weighted by molar-refractivity contribution is 8.01. The van der Waals surface area contributed by atoms with Crippen LogP contribution < -0.4 is 20.5 Å². The van der Waals surface area contributed by atoms with Crippen LogP contribution in [0.25, 0.3) is 0 Å². The van der Waals surface area contributed by atoms with Crippen LogP contribution in [-0.2, 0) is 4.79 Å². The number of hydrogen-bond donors (Lipinski definition) is 2. The molecule has 3 N–H and O–H groups in total. The third-order valence-corrected chi connectivity index (χ3v) is 4.32. The zero-order chi connectivity index (χ0) is 15.7. The molecular formula is C11H8F2N4O3S2. The van der Waals surface area contributed by atoms with Crippen molar-refractivity contribution in [3.63, 3.8) is 0 Å². The van der Waals surface area contributed by atoms with Crippen molar-refractivity contribution < 1.29 is 23.0 Å². The van der Waals surface area contributed by atoms with Gasteiger partial charge in [0.1, 0.15) is 0 Å². The van der Waals surface area contributed by atoms with Crippen LogP contribution >= 0.6 is 23.1 Å². The average Bonchev–Trinajstić information content (AvgIpc) is 2.97. The van der Waals surface area contributed by atoms with Gasteiger partial charge in [0, 0.05) is 11.8 Å². The molecule has 0 aliphatic carbocycles. The highest BCUT2D eigenvalue weighted by atomic mass is 32.2. The van der Waals surface area contributed by atoms with E-state index in [-0.39, 0.29) is 23.2 Å². The molecule has 0 radical (unpaired) electrons. The van der Waals surface area contributed by atoms with Gasteiger partial charge in [0.2, 0.25) is 11.0 Å². The SMILES string of the molecule is Nc1nnc(SCC(=O)Nc2ccc3c(c2)OC(F)(F)O3)s1. The first-order chi connectivity index (χ1) is 10.4. The van der Waals surface area contributed by atoms with E-state index in [1.165, 1.54) is 41.3 Å². The van der Waals surface area contributed by atoms with Gasteiger partial charge in [-0.3, -0.25) is 4.79 Å². The molecule has 3 rings (SSSR count). The van der Waals surface area contributed by atoms with Crippen molar-refractivity contribution in [2.24, 2.45) is 0 Å². The number of alkyl halides is 2. The Hall–Kier alpha value is -2.14. The van der Waals surface area contributed by atoms with Crippen molar-refractivity contribution >= 4 is 39.8 Å². The van der Waals surface area contributed by atoms with Gasteiger partial charge < -0.3 is 20.5 Å². The van der Waals surface area contributed by atoms with E-state index in [2.05, 4.69) is 25.0 Å². The Kier molecular flexibility index (Phi) is 3.74. The molecule has 1 aromatic heterocycles. The molecule has 0 unspecified atom stereocenters. The van der Waals surface area contributed by atoms with E-state index in [0.717, 1.165) is 0 Å². The predicted octanol–water partition coefficient (Wildman–Crippen LogP) is 2.17. The lowest BCUT2D eigenvalue weighted by Gasteiger charge is -2.05. The number of nitrogens with one attached hydrogen (secondary N) is 1. The first-order valence-corrected chi connectivity index (χ1v) is 7.63. The number of anilines is 2. The Balaban J connectivity index is 1.58. The van der Waals surface area contributed by atoms with Gasteiger partial charge in [-0.05, 0) is 12.1 Å². The van der Waals surface area contributed by atoms with Crippen LogP contribution in [0.4, 0.5) is 19.6 Å². The molecule has 0 saturated heterocycles. The molecule has 0 bridgehead atoms. The Morgan fingerprint density at radius 3 is 2.86 bits per heavy atom. The number of hydrogen-bond acceptors (Lipinski definition) is 8. The second-order valence-electron chi connectivity index (χ2n) is 4.07. The maximum atomic E-state index is 12.9. The average molecular weight is 346 g/mol. The highest BCUT2D eigenvalue weighted by Gasteiger charge is 2.43. The summed E-state index contributed by atoms with van der Waals surface area (Å²) in [5, 5.41) is 10.3. The van der Waals surface area contributed by atoms with Crippen LogP contribution in [0, 0.1) is 0 Å². The summed E-state index contributed by atoms with van der Waals surface area (Å²) in [5.74, 6) is -0.461. The minimum Gasteiger partial charge on any atom is -0.395 e. The number of benzene rings is 1. The largest absolute Gasteiger partial charge is 0.586 e. The van der Waals surface area contributed by atoms with Gasteiger partial charge in [-0.15, -0.1) is 19.0 Å². The predicted molar refractivity (Wildman–Crippen MR) is 76.3 cm³/mol. The fourth-order valence-corrected chi connectivity index (χ4v) is 3.07. The molecule has 0 atom stereocenters. The van der Waals surface area contributed by atoms with Gasteiger partial charge in [-0.1, -0.05) is 23.1 Å². The number of ether oxygens (including phenoxy) is 2. The number of thioether (sulfide) groups is 1. The van der Waals surface area contributed by atoms with Crippen LogP contribution in [0.2, 0.25) is 0 Å². The molecule has 2 heterocycles. The number of nitrogens with two attached hydrogens (primary N) is 1. The van der Waals surface area contributed by atoms with Crippen molar-refractivity contribution in [2.75, 3.05) is 16.8 Å². The number of fused-ring (bicyclic) bond motifs is 1. The molecule has 1 aliphatic rings. The molecule has 1 aromatic carbocycles. The lowest BCUT2D eigenvalue weighted by atomic mass is 10.3. The summed E-state index contributed by atoms with van der Waals surface area (Å²) in [6, 6.07) is 4.00. The van der Waals surface area contributed by atoms with E-state index in [1.54, 1.807) is 0 Å². The summed E-state index contributed by atoms with van der Waals surface area (Å²) in [6.07, 6.45) is -3.68. The van der Waals surface area contributed by atoms with Gasteiger partial charge in [-0.25, -0.2) is 0 Å². The van der Waals surface area contributed by atoms with Gasteiger partial charge in [0.15, 0.2) is 15.8 Å². The molecule has 1 amide bonds. The number of rotatable bonds is 4. The molecule has 116 valence electrons. The van der Waals surface area contributed by atoms with Crippen LogP contribution in [0.1, 0.15) is 0 Å². The Morgan fingerprint density at radius 1 is 1.36 bits per heavy atom.